The van der Waals surface area contributed by atoms with E-state index in [0.29, 0.717) is 17.9 Å². The first-order valence-corrected chi connectivity index (χ1v) is 5.76. The van der Waals surface area contributed by atoms with E-state index in [9.17, 15) is 0 Å². The van der Waals surface area contributed by atoms with E-state index in [2.05, 4.69) is 15.3 Å². The molecule has 1 saturated carbocycles. The number of nitrogen functional groups attached to an aromatic ring is 1. The first-order chi connectivity index (χ1) is 7.70. The van der Waals surface area contributed by atoms with Crippen molar-refractivity contribution in [3.63, 3.8) is 0 Å². The van der Waals surface area contributed by atoms with E-state index >= 15 is 0 Å². The van der Waals surface area contributed by atoms with E-state index in [1.807, 2.05) is 13.2 Å². The van der Waals surface area contributed by atoms with Gasteiger partial charge in [-0.3, -0.25) is 0 Å². The Balaban J connectivity index is 2.19. The summed E-state index contributed by atoms with van der Waals surface area (Å²) >= 11 is 0. The van der Waals surface area contributed by atoms with Crippen molar-refractivity contribution >= 4 is 11.8 Å². The second-order valence-electron chi connectivity index (χ2n) is 4.39. The highest BCUT2D eigenvalue weighted by atomic mass is 15.1. The predicted octanol–water partition coefficient (Wildman–Crippen LogP) is 1.09. The molecule has 0 radical (unpaired) electrons. The molecule has 1 aliphatic rings. The minimum atomic E-state index is 0.320. The summed E-state index contributed by atoms with van der Waals surface area (Å²) in [5.41, 5.74) is 12.6. The van der Waals surface area contributed by atoms with Gasteiger partial charge in [0.05, 0.1) is 0 Å². The first-order valence-electron chi connectivity index (χ1n) is 5.76. The second-order valence-corrected chi connectivity index (χ2v) is 4.39. The summed E-state index contributed by atoms with van der Waals surface area (Å²) in [4.78, 5) is 8.29. The van der Waals surface area contributed by atoms with Gasteiger partial charge in [0.15, 0.2) is 0 Å². The summed E-state index contributed by atoms with van der Waals surface area (Å²) in [6.45, 7) is 0. The minimum Gasteiger partial charge on any atom is -0.373 e. The zero-order valence-electron chi connectivity index (χ0n) is 9.61. The fourth-order valence-corrected chi connectivity index (χ4v) is 2.33. The average Bonchev–Trinajstić information content (AvgIpc) is 2.30. The number of rotatable bonds is 2. The lowest BCUT2D eigenvalue weighted by atomic mass is 9.82. The van der Waals surface area contributed by atoms with Crippen molar-refractivity contribution in [3.05, 3.63) is 11.8 Å². The van der Waals surface area contributed by atoms with Gasteiger partial charge in [-0.25, -0.2) is 4.98 Å². The molecule has 0 bridgehead atoms. The number of aromatic nitrogens is 2. The van der Waals surface area contributed by atoms with Crippen LogP contribution in [0.25, 0.3) is 0 Å². The summed E-state index contributed by atoms with van der Waals surface area (Å²) < 4.78 is 0. The lowest BCUT2D eigenvalue weighted by Gasteiger charge is -2.27. The molecule has 0 saturated heterocycles. The Kier molecular flexibility index (Phi) is 3.24. The van der Waals surface area contributed by atoms with Crippen molar-refractivity contribution < 1.29 is 0 Å². The third-order valence-corrected chi connectivity index (χ3v) is 3.28. The fourth-order valence-electron chi connectivity index (χ4n) is 2.33. The van der Waals surface area contributed by atoms with Crippen molar-refractivity contribution in [3.8, 4) is 0 Å². The van der Waals surface area contributed by atoms with Gasteiger partial charge >= 0.3 is 0 Å². The Hall–Kier alpha value is -1.36. The Morgan fingerprint density at radius 3 is 2.62 bits per heavy atom. The van der Waals surface area contributed by atoms with Gasteiger partial charge in [0.25, 0.3) is 0 Å². The Bertz CT molecular complexity index is 357. The second kappa shape index (κ2) is 4.65. The molecule has 1 fully saturated rings. The standard InChI is InChI=1S/C11H19N5/c1-14-10-9(6-15-11(13)16-10)7-2-4-8(12)5-3-7/h6-8H,2-5,12H2,1H3,(H3,13,14,15,16). The first kappa shape index (κ1) is 11.1. The van der Waals surface area contributed by atoms with Crippen LogP contribution in [0, 0.1) is 0 Å². The Labute approximate surface area is 95.6 Å². The molecule has 0 aromatic carbocycles. The Morgan fingerprint density at radius 2 is 2.00 bits per heavy atom. The highest BCUT2D eigenvalue weighted by Crippen LogP contribution is 2.34. The third-order valence-electron chi connectivity index (χ3n) is 3.28. The van der Waals surface area contributed by atoms with Crippen LogP contribution in [0.4, 0.5) is 11.8 Å². The summed E-state index contributed by atoms with van der Waals surface area (Å²) in [6, 6.07) is 0.365. The van der Waals surface area contributed by atoms with Gasteiger partial charge in [-0.1, -0.05) is 0 Å². The molecule has 0 amide bonds. The number of hydrogen-bond donors (Lipinski definition) is 3. The number of nitrogens with one attached hydrogen (secondary N) is 1. The molecule has 5 N–H and O–H groups in total. The zero-order valence-corrected chi connectivity index (χ0v) is 9.61. The number of nitrogens with two attached hydrogens (primary N) is 2. The molecular weight excluding hydrogens is 202 g/mol. The van der Waals surface area contributed by atoms with Crippen LogP contribution in [0.3, 0.4) is 0 Å². The van der Waals surface area contributed by atoms with Gasteiger partial charge in [-0.05, 0) is 31.6 Å². The van der Waals surface area contributed by atoms with Crippen LogP contribution in [-0.4, -0.2) is 23.1 Å². The highest BCUT2D eigenvalue weighted by Gasteiger charge is 2.22. The lowest BCUT2D eigenvalue weighted by molar-refractivity contribution is 0.395. The van der Waals surface area contributed by atoms with E-state index in [4.69, 9.17) is 11.5 Å². The van der Waals surface area contributed by atoms with Crippen LogP contribution >= 0.6 is 0 Å². The van der Waals surface area contributed by atoms with Crippen molar-refractivity contribution in [2.45, 2.75) is 37.6 Å². The van der Waals surface area contributed by atoms with Crippen LogP contribution in [0.5, 0.6) is 0 Å². The van der Waals surface area contributed by atoms with Gasteiger partial charge < -0.3 is 16.8 Å². The smallest absolute Gasteiger partial charge is 0.221 e. The van der Waals surface area contributed by atoms with Crippen molar-refractivity contribution in [1.29, 1.82) is 0 Å². The molecule has 88 valence electrons. The summed E-state index contributed by atoms with van der Waals surface area (Å²) in [5, 5.41) is 3.08. The Morgan fingerprint density at radius 1 is 1.31 bits per heavy atom. The quantitative estimate of drug-likeness (QED) is 0.695. The number of anilines is 2. The van der Waals surface area contributed by atoms with Crippen LogP contribution in [0.2, 0.25) is 0 Å². The van der Waals surface area contributed by atoms with Crippen LogP contribution in [0.1, 0.15) is 37.2 Å². The molecule has 2 rings (SSSR count). The topological polar surface area (TPSA) is 89.8 Å². The molecule has 1 aliphatic carbocycles. The minimum absolute atomic E-state index is 0.320. The fraction of sp³-hybridized carbons (Fsp3) is 0.636. The number of hydrogen-bond acceptors (Lipinski definition) is 5. The molecule has 5 heteroatoms. The SMILES string of the molecule is CNc1nc(N)ncc1C1CCC(N)CC1. The van der Waals surface area contributed by atoms with Gasteiger partial charge in [0.2, 0.25) is 5.95 Å². The van der Waals surface area contributed by atoms with Gasteiger partial charge in [0, 0.05) is 24.8 Å². The van der Waals surface area contributed by atoms with Crippen molar-refractivity contribution in [1.82, 2.24) is 9.97 Å². The maximum atomic E-state index is 5.90. The van der Waals surface area contributed by atoms with Crippen molar-refractivity contribution in [2.24, 2.45) is 5.73 Å². The predicted molar refractivity (Wildman–Crippen MR) is 65.2 cm³/mol. The molecular formula is C11H19N5. The number of nitrogens with zero attached hydrogens (tertiary/aromatic N) is 2. The molecule has 0 atom stereocenters. The zero-order chi connectivity index (χ0) is 11.5. The van der Waals surface area contributed by atoms with E-state index < -0.39 is 0 Å². The third kappa shape index (κ3) is 2.24. The van der Waals surface area contributed by atoms with E-state index in [1.54, 1.807) is 0 Å². The summed E-state index contributed by atoms with van der Waals surface area (Å²) in [6.07, 6.45) is 6.23. The molecule has 1 heterocycles. The van der Waals surface area contributed by atoms with Crippen molar-refractivity contribution in [2.75, 3.05) is 18.1 Å². The molecule has 0 aliphatic heterocycles. The van der Waals surface area contributed by atoms with E-state index in [1.165, 1.54) is 5.56 Å². The molecule has 16 heavy (non-hydrogen) atoms. The van der Waals surface area contributed by atoms with Gasteiger partial charge in [0.1, 0.15) is 5.82 Å². The normalized spacial score (nSPS) is 25.4. The molecule has 0 spiro atoms. The molecule has 1 aromatic rings. The van der Waals surface area contributed by atoms with Crippen LogP contribution < -0.4 is 16.8 Å². The van der Waals surface area contributed by atoms with E-state index in [-0.39, 0.29) is 0 Å². The maximum Gasteiger partial charge on any atom is 0.221 e. The van der Waals surface area contributed by atoms with Gasteiger partial charge in [-0.2, -0.15) is 4.98 Å². The van der Waals surface area contributed by atoms with E-state index in [0.717, 1.165) is 31.5 Å². The largest absolute Gasteiger partial charge is 0.373 e. The molecule has 0 unspecified atom stereocenters. The average molecular weight is 221 g/mol. The monoisotopic (exact) mass is 221 g/mol. The lowest BCUT2D eigenvalue weighted by Crippen LogP contribution is -2.26. The maximum absolute atomic E-state index is 5.90. The summed E-state index contributed by atoms with van der Waals surface area (Å²) in [5.74, 6) is 1.69. The molecule has 5 nitrogen and oxygen atoms in total. The molecule has 1 aromatic heterocycles. The van der Waals surface area contributed by atoms with Gasteiger partial charge in [-0.15, -0.1) is 0 Å². The van der Waals surface area contributed by atoms with Crippen LogP contribution in [-0.2, 0) is 0 Å². The van der Waals surface area contributed by atoms with Crippen LogP contribution in [0.15, 0.2) is 6.20 Å². The summed E-state index contributed by atoms with van der Waals surface area (Å²) in [7, 11) is 1.86. The highest BCUT2D eigenvalue weighted by molar-refractivity contribution is 5.47.